The molecule has 0 radical (unpaired) electrons. The fourth-order valence-corrected chi connectivity index (χ4v) is 1.66. The molecule has 1 aliphatic rings. The van der Waals surface area contributed by atoms with Crippen LogP contribution in [0.25, 0.3) is 0 Å². The highest BCUT2D eigenvalue weighted by molar-refractivity contribution is 7.13. The smallest absolute Gasteiger partial charge is 0.222 e. The van der Waals surface area contributed by atoms with Crippen molar-refractivity contribution in [3.05, 3.63) is 0 Å². The van der Waals surface area contributed by atoms with E-state index >= 15 is 0 Å². The van der Waals surface area contributed by atoms with Crippen molar-refractivity contribution in [3.8, 4) is 0 Å². The molecule has 1 rings (SSSR count). The van der Waals surface area contributed by atoms with Gasteiger partial charge in [0.2, 0.25) is 5.91 Å². The molecule has 1 unspecified atom stereocenters. The maximum atomic E-state index is 11.1. The summed E-state index contributed by atoms with van der Waals surface area (Å²) < 4.78 is 2.18. The molecule has 11 heavy (non-hydrogen) atoms. The molecule has 1 atom stereocenters. The number of nitrogens with one attached hydrogen (secondary N) is 1. The largest absolute Gasteiger partial charge is 0.359 e. The average Bonchev–Trinajstić information content (AvgIpc) is 2.05. The molecule has 1 N–H and O–H groups in total. The number of piperidine rings is 1. The number of hydrogen-bond acceptors (Lipinski definition) is 2. The van der Waals surface area contributed by atoms with Gasteiger partial charge in [-0.15, -0.1) is 0 Å². The van der Waals surface area contributed by atoms with Gasteiger partial charge in [-0.1, -0.05) is 9.39 Å². The van der Waals surface area contributed by atoms with Gasteiger partial charge in [-0.05, 0) is 12.8 Å². The second-order valence-corrected chi connectivity index (χ2v) is 3.65. The summed E-state index contributed by atoms with van der Waals surface area (Å²) in [5, 5.41) is 2.69. The van der Waals surface area contributed by atoms with E-state index < -0.39 is 0 Å². The highest BCUT2D eigenvalue weighted by Crippen LogP contribution is 2.18. The Hall–Kier alpha value is -0.140. The van der Waals surface area contributed by atoms with Crippen LogP contribution in [0.3, 0.4) is 0 Å². The topological polar surface area (TPSA) is 32.3 Å². The van der Waals surface area contributed by atoms with E-state index in [-0.39, 0.29) is 11.8 Å². The van der Waals surface area contributed by atoms with Gasteiger partial charge in [0, 0.05) is 26.1 Å². The average molecular weight is 174 g/mol. The summed E-state index contributed by atoms with van der Waals surface area (Å²) in [7, 11) is 4.37. The normalized spacial score (nSPS) is 21.6. The van der Waals surface area contributed by atoms with Crippen LogP contribution >= 0.6 is 9.39 Å². The molecular weight excluding hydrogens is 159 g/mol. The summed E-state index contributed by atoms with van der Waals surface area (Å²) in [6, 6.07) is 0. The lowest BCUT2D eigenvalue weighted by molar-refractivity contribution is -0.125. The van der Waals surface area contributed by atoms with Crippen LogP contribution in [0, 0.1) is 5.92 Å². The van der Waals surface area contributed by atoms with E-state index in [4.69, 9.17) is 0 Å². The summed E-state index contributed by atoms with van der Waals surface area (Å²) >= 11 is 0. The second kappa shape index (κ2) is 4.03. The molecule has 1 aliphatic heterocycles. The second-order valence-electron chi connectivity index (χ2n) is 2.92. The van der Waals surface area contributed by atoms with E-state index in [1.54, 1.807) is 7.05 Å². The first kappa shape index (κ1) is 8.95. The molecule has 0 aromatic rings. The lowest BCUT2D eigenvalue weighted by atomic mass is 9.97. The zero-order valence-corrected chi connectivity index (χ0v) is 7.99. The molecule has 1 amide bonds. The van der Waals surface area contributed by atoms with Crippen LogP contribution in [0.1, 0.15) is 12.8 Å². The Morgan fingerprint density at radius 3 is 2.55 bits per heavy atom. The Morgan fingerprint density at radius 2 is 2.09 bits per heavy atom. The molecule has 3 nitrogen and oxygen atoms in total. The van der Waals surface area contributed by atoms with Crippen molar-refractivity contribution < 1.29 is 4.79 Å². The molecule has 0 aliphatic carbocycles. The molecule has 0 spiro atoms. The molecule has 0 aromatic heterocycles. The minimum Gasteiger partial charge on any atom is -0.359 e. The van der Waals surface area contributed by atoms with Gasteiger partial charge in [0.05, 0.1) is 0 Å². The molecule has 0 aromatic carbocycles. The van der Waals surface area contributed by atoms with Gasteiger partial charge in [0.15, 0.2) is 0 Å². The van der Waals surface area contributed by atoms with Gasteiger partial charge in [-0.2, -0.15) is 0 Å². The minimum atomic E-state index is 0.197. The van der Waals surface area contributed by atoms with Crippen molar-refractivity contribution in [2.75, 3.05) is 20.1 Å². The van der Waals surface area contributed by atoms with Crippen LogP contribution in [-0.4, -0.2) is 30.7 Å². The first-order valence-electron chi connectivity index (χ1n) is 3.95. The van der Waals surface area contributed by atoms with E-state index in [1.165, 1.54) is 0 Å². The predicted octanol–water partition coefficient (Wildman–Crippen LogP) is 0.234. The van der Waals surface area contributed by atoms with E-state index in [2.05, 4.69) is 19.4 Å². The molecule has 0 saturated carbocycles. The Labute approximate surface area is 69.8 Å². The Balaban J connectivity index is 2.33. The Bertz CT molecular complexity index is 143. The minimum absolute atomic E-state index is 0.197. The fourth-order valence-electron chi connectivity index (χ4n) is 1.37. The third-order valence-electron chi connectivity index (χ3n) is 2.15. The van der Waals surface area contributed by atoms with Gasteiger partial charge in [0.25, 0.3) is 0 Å². The molecule has 1 heterocycles. The summed E-state index contributed by atoms with van der Waals surface area (Å²) in [4.78, 5) is 11.1. The Morgan fingerprint density at radius 1 is 1.55 bits per heavy atom. The quantitative estimate of drug-likeness (QED) is 0.577. The lowest BCUT2D eigenvalue weighted by Crippen LogP contribution is -2.35. The standard InChI is InChI=1S/C7H15N2OP/c1-8-7(10)6-2-4-9(11)5-3-6/h6H,2-5,11H2,1H3,(H,8,10). The summed E-state index contributed by atoms with van der Waals surface area (Å²) in [6.07, 6.45) is 1.98. The van der Waals surface area contributed by atoms with Gasteiger partial charge < -0.3 is 5.32 Å². The summed E-state index contributed by atoms with van der Waals surface area (Å²) in [5.74, 6) is 0.444. The SMILES string of the molecule is CNC(=O)C1CCN(P)CC1. The number of hydrogen-bond donors (Lipinski definition) is 1. The molecule has 4 heteroatoms. The predicted molar refractivity (Wildman–Crippen MR) is 48.1 cm³/mol. The molecule has 64 valence electrons. The van der Waals surface area contributed by atoms with E-state index in [9.17, 15) is 4.79 Å². The third-order valence-corrected chi connectivity index (χ3v) is 2.66. The van der Waals surface area contributed by atoms with Crippen molar-refractivity contribution in [1.29, 1.82) is 0 Å². The maximum absolute atomic E-state index is 11.1. The van der Waals surface area contributed by atoms with Gasteiger partial charge in [-0.3, -0.25) is 9.46 Å². The zero-order chi connectivity index (χ0) is 8.27. The van der Waals surface area contributed by atoms with E-state index in [1.807, 2.05) is 0 Å². The van der Waals surface area contributed by atoms with Crippen LogP contribution in [0.15, 0.2) is 0 Å². The summed E-state index contributed by atoms with van der Waals surface area (Å²) in [5.41, 5.74) is 0. The van der Waals surface area contributed by atoms with Gasteiger partial charge in [-0.25, -0.2) is 0 Å². The third kappa shape index (κ3) is 2.42. The lowest BCUT2D eigenvalue weighted by Gasteiger charge is -2.27. The highest BCUT2D eigenvalue weighted by atomic mass is 31.0. The number of amides is 1. The van der Waals surface area contributed by atoms with Crippen LogP contribution in [-0.2, 0) is 4.79 Å². The number of carbonyl (C=O) groups excluding carboxylic acids is 1. The van der Waals surface area contributed by atoms with Gasteiger partial charge >= 0.3 is 0 Å². The fraction of sp³-hybridized carbons (Fsp3) is 0.857. The molecule has 0 bridgehead atoms. The van der Waals surface area contributed by atoms with Crippen molar-refractivity contribution in [1.82, 2.24) is 9.99 Å². The van der Waals surface area contributed by atoms with Crippen molar-refractivity contribution in [3.63, 3.8) is 0 Å². The molecule has 1 fully saturated rings. The number of rotatable bonds is 1. The van der Waals surface area contributed by atoms with Crippen LogP contribution in [0.5, 0.6) is 0 Å². The highest BCUT2D eigenvalue weighted by Gasteiger charge is 2.21. The van der Waals surface area contributed by atoms with Gasteiger partial charge in [0.1, 0.15) is 0 Å². The zero-order valence-electron chi connectivity index (χ0n) is 6.84. The number of carbonyl (C=O) groups is 1. The Kier molecular flexibility index (Phi) is 3.28. The molecule has 1 saturated heterocycles. The van der Waals surface area contributed by atoms with Crippen LogP contribution < -0.4 is 5.32 Å². The monoisotopic (exact) mass is 174 g/mol. The first-order valence-corrected chi connectivity index (χ1v) is 4.47. The van der Waals surface area contributed by atoms with Crippen molar-refractivity contribution in [2.45, 2.75) is 12.8 Å². The maximum Gasteiger partial charge on any atom is 0.222 e. The van der Waals surface area contributed by atoms with E-state index in [0.717, 1.165) is 25.9 Å². The van der Waals surface area contributed by atoms with Crippen LogP contribution in [0.4, 0.5) is 0 Å². The first-order chi connectivity index (χ1) is 5.24. The van der Waals surface area contributed by atoms with Crippen molar-refractivity contribution in [2.24, 2.45) is 5.92 Å². The molecular formula is C7H15N2OP. The number of nitrogens with zero attached hydrogens (tertiary/aromatic N) is 1. The van der Waals surface area contributed by atoms with Crippen LogP contribution in [0.2, 0.25) is 0 Å². The van der Waals surface area contributed by atoms with Crippen molar-refractivity contribution >= 4 is 15.3 Å². The van der Waals surface area contributed by atoms with E-state index in [0.29, 0.717) is 0 Å². The summed E-state index contributed by atoms with van der Waals surface area (Å²) in [6.45, 7) is 2.03.